The first-order valence-corrected chi connectivity index (χ1v) is 25.7. The largest absolute Gasteiger partial charge is 0.455 e. The molecule has 2 heterocycles. The molecule has 4 nitrogen and oxygen atoms in total. The molecular formula is C70H52N2O2. The number of anilines is 6. The normalized spacial score (nSPS) is 11.9. The van der Waals surface area contributed by atoms with Crippen LogP contribution in [0.15, 0.2) is 215 Å². The molecule has 0 spiro atoms. The molecule has 4 heteroatoms. The first-order valence-electron chi connectivity index (χ1n) is 25.7. The predicted molar refractivity (Wildman–Crippen MR) is 313 cm³/mol. The smallest absolute Gasteiger partial charge is 0.143 e. The SMILES string of the molecule is Cc1cc(-c2cccc3c2oc2ccccc23)c(C)c(N(c2ccccc2)c2ccc3ccc4c(N(c5ccccc5)c5c(C)c(C)cc(-c6cccc7c6oc6ccccc67)c5C)ccc5ccc2c3c54)c1C. The van der Waals surface area contributed by atoms with Crippen molar-refractivity contribution in [2.75, 3.05) is 9.80 Å². The number of benzene rings is 12. The lowest BCUT2D eigenvalue weighted by atomic mass is 9.89. The molecule has 0 radical (unpaired) electrons. The molecule has 0 fully saturated rings. The first kappa shape index (κ1) is 43.7. The molecule has 0 aliphatic carbocycles. The summed E-state index contributed by atoms with van der Waals surface area (Å²) in [4.78, 5) is 5.01. The van der Waals surface area contributed by atoms with E-state index in [-0.39, 0.29) is 0 Å². The topological polar surface area (TPSA) is 32.8 Å². The highest BCUT2D eigenvalue weighted by molar-refractivity contribution is 6.28. The van der Waals surface area contributed by atoms with Crippen molar-refractivity contribution in [1.29, 1.82) is 0 Å². The molecule has 0 bridgehead atoms. The maximum atomic E-state index is 6.69. The number of furan rings is 2. The molecule has 0 saturated carbocycles. The number of hydrogen-bond acceptors (Lipinski definition) is 4. The monoisotopic (exact) mass is 952 g/mol. The number of rotatable bonds is 8. The van der Waals surface area contributed by atoms with E-state index in [1.165, 1.54) is 77.1 Å². The average molecular weight is 953 g/mol. The Labute approximate surface area is 430 Å². The minimum atomic E-state index is 0.900. The third kappa shape index (κ3) is 6.47. The number of hydrogen-bond donors (Lipinski definition) is 0. The second-order valence-electron chi connectivity index (χ2n) is 20.2. The Morgan fingerprint density at radius 3 is 1.11 bits per heavy atom. The molecule has 0 N–H and O–H groups in total. The van der Waals surface area contributed by atoms with Crippen LogP contribution in [0, 0.1) is 41.5 Å². The van der Waals surface area contributed by atoms with E-state index in [4.69, 9.17) is 8.83 Å². The van der Waals surface area contributed by atoms with Gasteiger partial charge in [-0.25, -0.2) is 0 Å². The van der Waals surface area contributed by atoms with Gasteiger partial charge in [-0.3, -0.25) is 0 Å². The van der Waals surface area contributed by atoms with E-state index in [9.17, 15) is 0 Å². The van der Waals surface area contributed by atoms with Crippen LogP contribution in [-0.2, 0) is 0 Å². The summed E-state index contributed by atoms with van der Waals surface area (Å²) in [6.45, 7) is 13.6. The van der Waals surface area contributed by atoms with Crippen LogP contribution in [0.3, 0.4) is 0 Å². The van der Waals surface area contributed by atoms with Crippen LogP contribution < -0.4 is 9.80 Å². The van der Waals surface area contributed by atoms with Gasteiger partial charge in [0.25, 0.3) is 0 Å². The molecular weight excluding hydrogens is 901 g/mol. The van der Waals surface area contributed by atoms with Crippen LogP contribution in [0.5, 0.6) is 0 Å². The van der Waals surface area contributed by atoms with Gasteiger partial charge in [0.2, 0.25) is 0 Å². The molecule has 354 valence electrons. The highest BCUT2D eigenvalue weighted by Gasteiger charge is 2.28. The molecule has 0 aliphatic rings. The molecule has 12 aromatic carbocycles. The lowest BCUT2D eigenvalue weighted by Gasteiger charge is -2.33. The fraction of sp³-hybridized carbons (Fsp3) is 0.0857. The first-order chi connectivity index (χ1) is 36.2. The average Bonchev–Trinajstić information content (AvgIpc) is 4.08. The minimum Gasteiger partial charge on any atom is -0.455 e. The molecule has 0 amide bonds. The third-order valence-corrected chi connectivity index (χ3v) is 16.1. The second-order valence-corrected chi connectivity index (χ2v) is 20.2. The standard InChI is InChI=1S/C70H52N2O2/c1-41-39-59(55-27-17-25-53-51-23-13-15-29-63(51)73-69(53)55)45(5)67(43(41)3)71(49-19-9-7-10-20-49)61-37-33-47-32-36-58-62(38-34-48-31-35-57(61)65(47)66(48)58)72(50-21-11-8-12-22-50)68-44(4)42(2)40-60(46(68)6)56-28-18-26-54-52-24-14-16-30-64(52)74-70(54)56/h7-40H,1-6H3. The van der Waals surface area contributed by atoms with Gasteiger partial charge in [0, 0.05) is 54.8 Å². The number of aryl methyl sites for hydroxylation is 2. The molecule has 14 rings (SSSR count). The summed E-state index contributed by atoms with van der Waals surface area (Å²) >= 11 is 0. The van der Waals surface area contributed by atoms with E-state index in [0.29, 0.717) is 0 Å². The van der Waals surface area contributed by atoms with E-state index >= 15 is 0 Å². The summed E-state index contributed by atoms with van der Waals surface area (Å²) in [5.74, 6) is 0. The van der Waals surface area contributed by atoms with Gasteiger partial charge in [0.05, 0.1) is 22.7 Å². The van der Waals surface area contributed by atoms with Crippen molar-refractivity contribution in [2.45, 2.75) is 41.5 Å². The zero-order chi connectivity index (χ0) is 49.9. The number of para-hydroxylation sites is 6. The Morgan fingerprint density at radius 1 is 0.297 bits per heavy atom. The van der Waals surface area contributed by atoms with E-state index < -0.39 is 0 Å². The van der Waals surface area contributed by atoms with Crippen molar-refractivity contribution >= 4 is 110 Å². The van der Waals surface area contributed by atoms with Crippen LogP contribution in [0.4, 0.5) is 34.1 Å². The fourth-order valence-electron chi connectivity index (χ4n) is 12.3. The van der Waals surface area contributed by atoms with E-state index in [2.05, 4.69) is 245 Å². The van der Waals surface area contributed by atoms with Crippen LogP contribution in [0.25, 0.3) is 98.4 Å². The Hall–Kier alpha value is -9.12. The zero-order valence-corrected chi connectivity index (χ0v) is 42.3. The molecule has 0 aliphatic heterocycles. The lowest BCUT2D eigenvalue weighted by molar-refractivity contribution is 0.669. The quantitative estimate of drug-likeness (QED) is 0.142. The Balaban J connectivity index is 0.998. The van der Waals surface area contributed by atoms with Crippen molar-refractivity contribution in [3.05, 3.63) is 240 Å². The minimum absolute atomic E-state index is 0.900. The maximum absolute atomic E-state index is 6.69. The van der Waals surface area contributed by atoms with Crippen molar-refractivity contribution in [2.24, 2.45) is 0 Å². The zero-order valence-electron chi connectivity index (χ0n) is 42.3. The van der Waals surface area contributed by atoms with Gasteiger partial charge in [0.15, 0.2) is 0 Å². The molecule has 2 aromatic heterocycles. The van der Waals surface area contributed by atoms with Crippen molar-refractivity contribution in [1.82, 2.24) is 0 Å². The predicted octanol–water partition coefficient (Wildman–Crippen LogP) is 20.5. The van der Waals surface area contributed by atoms with Crippen LogP contribution in [-0.4, -0.2) is 0 Å². The molecule has 0 atom stereocenters. The van der Waals surface area contributed by atoms with Gasteiger partial charge in [-0.2, -0.15) is 0 Å². The second kappa shape index (κ2) is 16.7. The van der Waals surface area contributed by atoms with Crippen molar-refractivity contribution in [3.63, 3.8) is 0 Å². The molecule has 74 heavy (non-hydrogen) atoms. The lowest BCUT2D eigenvalue weighted by Crippen LogP contribution is -2.15. The van der Waals surface area contributed by atoms with Gasteiger partial charge in [-0.1, -0.05) is 158 Å². The summed E-state index contributed by atoms with van der Waals surface area (Å²) in [5, 5.41) is 11.8. The van der Waals surface area contributed by atoms with Gasteiger partial charge < -0.3 is 18.6 Å². The van der Waals surface area contributed by atoms with E-state index in [0.717, 1.165) is 88.9 Å². The summed E-state index contributed by atoms with van der Waals surface area (Å²) in [7, 11) is 0. The highest BCUT2D eigenvalue weighted by atomic mass is 16.3. The molecule has 0 saturated heterocycles. The van der Waals surface area contributed by atoms with Gasteiger partial charge >= 0.3 is 0 Å². The number of nitrogens with zero attached hydrogens (tertiary/aromatic N) is 2. The Bertz CT molecular complexity index is 4270. The van der Waals surface area contributed by atoms with E-state index in [1.54, 1.807) is 0 Å². The number of fused-ring (bicyclic) bond motifs is 6. The van der Waals surface area contributed by atoms with Crippen LogP contribution in [0.1, 0.15) is 33.4 Å². The molecule has 14 aromatic rings. The summed E-state index contributed by atoms with van der Waals surface area (Å²) in [6.07, 6.45) is 0. The third-order valence-electron chi connectivity index (χ3n) is 16.1. The van der Waals surface area contributed by atoms with Gasteiger partial charge in [-0.15, -0.1) is 0 Å². The Morgan fingerprint density at radius 2 is 0.676 bits per heavy atom. The van der Waals surface area contributed by atoms with Gasteiger partial charge in [-0.05, 0) is 156 Å². The summed E-state index contributed by atoms with van der Waals surface area (Å²) in [6, 6.07) is 75.0. The van der Waals surface area contributed by atoms with Gasteiger partial charge in [0.1, 0.15) is 22.3 Å². The van der Waals surface area contributed by atoms with Crippen molar-refractivity contribution < 1.29 is 8.83 Å². The van der Waals surface area contributed by atoms with Crippen LogP contribution >= 0.6 is 0 Å². The summed E-state index contributed by atoms with van der Waals surface area (Å²) in [5.41, 5.74) is 22.2. The van der Waals surface area contributed by atoms with Crippen LogP contribution in [0.2, 0.25) is 0 Å². The Kier molecular flexibility index (Phi) is 9.87. The van der Waals surface area contributed by atoms with E-state index in [1.807, 2.05) is 12.1 Å². The summed E-state index contributed by atoms with van der Waals surface area (Å²) < 4.78 is 13.4. The molecule has 0 unspecified atom stereocenters. The maximum Gasteiger partial charge on any atom is 0.143 e. The fourth-order valence-corrected chi connectivity index (χ4v) is 12.3. The highest BCUT2D eigenvalue weighted by Crippen LogP contribution is 2.52. The van der Waals surface area contributed by atoms with Crippen molar-refractivity contribution in [3.8, 4) is 22.3 Å².